The fourth-order valence-corrected chi connectivity index (χ4v) is 3.69. The van der Waals surface area contributed by atoms with Crippen LogP contribution in [-0.4, -0.2) is 40.7 Å². The van der Waals surface area contributed by atoms with E-state index in [0.29, 0.717) is 14.3 Å². The van der Waals surface area contributed by atoms with Crippen molar-refractivity contribution in [1.82, 2.24) is 19.9 Å². The van der Waals surface area contributed by atoms with Crippen LogP contribution in [-0.2, 0) is 0 Å². The summed E-state index contributed by atoms with van der Waals surface area (Å²) in [5.74, 6) is 0.0787. The first kappa shape index (κ1) is 30.0. The Labute approximate surface area is 228 Å². The Morgan fingerprint density at radius 2 is 1.18 bits per heavy atom. The number of nitrogens with zero attached hydrogens (tertiary/aromatic N) is 11. The van der Waals surface area contributed by atoms with Gasteiger partial charge in [-0.15, -0.1) is 19.9 Å². The van der Waals surface area contributed by atoms with E-state index in [4.69, 9.17) is 11.3 Å². The lowest BCUT2D eigenvalue weighted by atomic mass is 10.1. The number of hydrogen-bond acceptors (Lipinski definition) is 10. The lowest BCUT2D eigenvalue weighted by molar-refractivity contribution is -0.454. The predicted octanol–water partition coefficient (Wildman–Crippen LogP) is 7.31. The summed E-state index contributed by atoms with van der Waals surface area (Å²) in [6, 6.07) is 0. The molecule has 2 heterocycles. The number of azide groups is 1. The second-order valence-corrected chi connectivity index (χ2v) is 11.2. The molecule has 0 fully saturated rings. The van der Waals surface area contributed by atoms with Crippen LogP contribution in [0.5, 0.6) is 0 Å². The van der Waals surface area contributed by atoms with Crippen molar-refractivity contribution in [2.45, 2.75) is 52.6 Å². The van der Waals surface area contributed by atoms with Crippen LogP contribution in [0.1, 0.15) is 41.5 Å². The minimum Gasteiger partial charge on any atom is -0.691 e. The van der Waals surface area contributed by atoms with Gasteiger partial charge in [-0.05, 0) is 126 Å². The van der Waals surface area contributed by atoms with E-state index >= 15 is 0 Å². The third kappa shape index (κ3) is 9.69. The van der Waals surface area contributed by atoms with Gasteiger partial charge in [0.15, 0.2) is 9.21 Å². The monoisotopic (exact) mass is 728 g/mol. The third-order valence-electron chi connectivity index (χ3n) is 2.88. The van der Waals surface area contributed by atoms with E-state index < -0.39 is 11.1 Å². The van der Waals surface area contributed by atoms with E-state index in [1.807, 2.05) is 0 Å². The Hall–Kier alpha value is -2.01. The second-order valence-electron chi connectivity index (χ2n) is 8.24. The minimum absolute atomic E-state index is 0.0272. The quantitative estimate of drug-likeness (QED) is 0.112. The lowest BCUT2D eigenvalue weighted by Crippen LogP contribution is -2.14. The maximum atomic E-state index is 11.8. The van der Waals surface area contributed by atoms with Crippen molar-refractivity contribution in [3.63, 3.8) is 0 Å². The molecule has 0 aliphatic heterocycles. The number of azo groups is 2. The number of rotatable bonds is 3. The van der Waals surface area contributed by atoms with Crippen molar-refractivity contribution >= 4 is 87.0 Å². The molecule has 0 atom stereocenters. The van der Waals surface area contributed by atoms with E-state index in [9.17, 15) is 10.4 Å². The second kappa shape index (κ2) is 12.1. The molecule has 184 valence electrons. The van der Waals surface area contributed by atoms with Crippen LogP contribution in [0.15, 0.2) is 33.8 Å². The first-order valence-corrected chi connectivity index (χ1v) is 12.3. The highest BCUT2D eigenvalue weighted by atomic mass is 79.9. The number of nitrogen functional groups attached to an aromatic ring is 1. The summed E-state index contributed by atoms with van der Waals surface area (Å²) in [5.41, 5.74) is 12.9. The number of anilines is 1. The molecular formula is C16H20Br4N12O2. The Balaban J connectivity index is 0.000000342. The van der Waals surface area contributed by atoms with Gasteiger partial charge in [-0.25, -0.2) is 9.97 Å². The molecule has 2 aromatic heterocycles. The maximum Gasteiger partial charge on any atom is 0.382 e. The molecule has 0 aliphatic rings. The fourth-order valence-electron chi connectivity index (χ4n) is 1.77. The van der Waals surface area contributed by atoms with E-state index in [1.165, 1.54) is 0 Å². The van der Waals surface area contributed by atoms with Crippen LogP contribution in [0.25, 0.3) is 10.4 Å². The SMILES string of the molecule is CC(C)(C)N=[N+]([O-])c1nc(N)c(Br)nc1Br.CC(C)(C)N=[N+]([O-])c1nc(N=[N+]=[N-])c(Br)nc1Br. The van der Waals surface area contributed by atoms with E-state index in [-0.39, 0.29) is 37.1 Å². The standard InChI is InChI=1S/C8H9Br2N7O.C8H11Br2N5O/c1-8(2,3)15-17(18)7-5(10)12-4(9)6(13-7)14-16-11;1-8(2,3)14-15(16)7-5(10)12-4(9)6(11)13-7/h1-3H3;1-3H3,(H2,11,13). The van der Waals surface area contributed by atoms with Gasteiger partial charge in [0, 0.05) is 4.91 Å². The maximum absolute atomic E-state index is 11.8. The molecule has 0 unspecified atom stereocenters. The van der Waals surface area contributed by atoms with Crippen molar-refractivity contribution in [3.8, 4) is 0 Å². The highest BCUT2D eigenvalue weighted by molar-refractivity contribution is 9.11. The van der Waals surface area contributed by atoms with Crippen LogP contribution >= 0.6 is 63.7 Å². The Morgan fingerprint density at radius 3 is 1.59 bits per heavy atom. The molecule has 0 bridgehead atoms. The largest absolute Gasteiger partial charge is 0.691 e. The first-order chi connectivity index (χ1) is 15.4. The summed E-state index contributed by atoms with van der Waals surface area (Å²) in [5, 5.41) is 34.6. The van der Waals surface area contributed by atoms with Gasteiger partial charge in [0.05, 0.1) is 11.1 Å². The normalized spacial score (nSPS) is 12.5. The van der Waals surface area contributed by atoms with Gasteiger partial charge in [-0.3, -0.25) is 0 Å². The van der Waals surface area contributed by atoms with Crippen molar-refractivity contribution < 1.29 is 9.72 Å². The molecule has 14 nitrogen and oxygen atoms in total. The van der Waals surface area contributed by atoms with Gasteiger partial charge in [-0.2, -0.15) is 0 Å². The number of nitrogens with two attached hydrogens (primary N) is 1. The molecule has 0 spiro atoms. The highest BCUT2D eigenvalue weighted by Gasteiger charge is 2.22. The summed E-state index contributed by atoms with van der Waals surface area (Å²) < 4.78 is 1.11. The number of halogens is 4. The molecule has 18 heteroatoms. The molecule has 0 aliphatic carbocycles. The van der Waals surface area contributed by atoms with Gasteiger partial charge < -0.3 is 16.1 Å². The van der Waals surface area contributed by atoms with Crippen LogP contribution in [0.2, 0.25) is 0 Å². The molecule has 2 rings (SSSR count). The molecule has 0 amide bonds. The Bertz CT molecular complexity index is 1170. The zero-order valence-corrected chi connectivity index (χ0v) is 25.2. The topological polar surface area (TPSA) is 203 Å². The average molecular weight is 732 g/mol. The van der Waals surface area contributed by atoms with Crippen molar-refractivity contribution in [2.75, 3.05) is 5.73 Å². The van der Waals surface area contributed by atoms with Gasteiger partial charge in [-0.1, -0.05) is 0 Å². The smallest absolute Gasteiger partial charge is 0.382 e. The summed E-state index contributed by atoms with van der Waals surface area (Å²) in [4.78, 5) is 19.1. The highest BCUT2D eigenvalue weighted by Crippen LogP contribution is 2.30. The third-order valence-corrected chi connectivity index (χ3v) is 5.06. The molecular weight excluding hydrogens is 712 g/mol. The van der Waals surface area contributed by atoms with E-state index in [2.05, 4.69) is 104 Å². The zero-order valence-electron chi connectivity index (χ0n) is 18.8. The number of hydrogen-bond donors (Lipinski definition) is 1. The van der Waals surface area contributed by atoms with Gasteiger partial charge >= 0.3 is 11.6 Å². The molecule has 0 saturated heterocycles. The minimum atomic E-state index is -0.561. The van der Waals surface area contributed by atoms with Gasteiger partial charge in [0.1, 0.15) is 0 Å². The fraction of sp³-hybridized carbons (Fsp3) is 0.500. The molecule has 0 aromatic carbocycles. The molecule has 2 N–H and O–H groups in total. The average Bonchev–Trinajstić information content (AvgIpc) is 2.64. The first-order valence-electron chi connectivity index (χ1n) is 9.12. The summed E-state index contributed by atoms with van der Waals surface area (Å²) in [6.07, 6.45) is 0. The van der Waals surface area contributed by atoms with Crippen LogP contribution < -0.4 is 5.73 Å². The summed E-state index contributed by atoms with van der Waals surface area (Å²) in [7, 11) is 0. The van der Waals surface area contributed by atoms with Gasteiger partial charge in [0.25, 0.3) is 11.6 Å². The Kier molecular flexibility index (Phi) is 10.7. The van der Waals surface area contributed by atoms with E-state index in [1.54, 1.807) is 41.5 Å². The molecule has 2 aromatic rings. The van der Waals surface area contributed by atoms with Crippen LogP contribution in [0, 0.1) is 10.4 Å². The van der Waals surface area contributed by atoms with Crippen LogP contribution in [0.3, 0.4) is 0 Å². The molecule has 0 radical (unpaired) electrons. The van der Waals surface area contributed by atoms with E-state index in [0.717, 1.165) is 0 Å². The van der Waals surface area contributed by atoms with Crippen molar-refractivity contribution in [3.05, 3.63) is 39.3 Å². The molecule has 0 saturated carbocycles. The van der Waals surface area contributed by atoms with Gasteiger partial charge in [0.2, 0.25) is 9.21 Å². The van der Waals surface area contributed by atoms with Crippen molar-refractivity contribution in [2.24, 2.45) is 15.3 Å². The predicted molar refractivity (Wildman–Crippen MR) is 139 cm³/mol. The summed E-state index contributed by atoms with van der Waals surface area (Å²) in [6.45, 7) is 10.7. The lowest BCUT2D eigenvalue weighted by Gasteiger charge is -2.13. The number of aromatic nitrogens is 4. The van der Waals surface area contributed by atoms with Crippen molar-refractivity contribution in [1.29, 1.82) is 0 Å². The summed E-state index contributed by atoms with van der Waals surface area (Å²) >= 11 is 12.4. The molecule has 34 heavy (non-hydrogen) atoms. The van der Waals surface area contributed by atoms with Crippen LogP contribution in [0.4, 0.5) is 23.3 Å². The zero-order chi connectivity index (χ0) is 26.4. The Morgan fingerprint density at radius 1 is 0.765 bits per heavy atom.